The molecule has 2 rings (SSSR count). The van der Waals surface area contributed by atoms with Crippen molar-refractivity contribution in [1.29, 1.82) is 0 Å². The van der Waals surface area contributed by atoms with Crippen LogP contribution in [0.5, 0.6) is 0 Å². The third-order valence-electron chi connectivity index (χ3n) is 4.11. The Hall–Kier alpha value is -2.68. The molecule has 142 valence electrons. The van der Waals surface area contributed by atoms with Gasteiger partial charge in [0, 0.05) is 24.2 Å². The Morgan fingerprint density at radius 2 is 1.96 bits per heavy atom. The Bertz CT molecular complexity index is 803. The maximum Gasteiger partial charge on any atom is 0.243 e. The van der Waals surface area contributed by atoms with Crippen molar-refractivity contribution >= 4 is 16.8 Å². The number of carbonyl (C=O) groups excluding carboxylic acids is 1. The number of unbranched alkanes of at least 4 members (excludes halogenated alkanes) is 2. The minimum absolute atomic E-state index is 0.0271. The summed E-state index contributed by atoms with van der Waals surface area (Å²) in [6.07, 6.45) is 17.9. The zero-order valence-corrected chi connectivity index (χ0v) is 16.4. The van der Waals surface area contributed by atoms with Crippen molar-refractivity contribution in [2.24, 2.45) is 5.92 Å². The first-order valence-electron chi connectivity index (χ1n) is 9.75. The molecule has 0 atom stereocenters. The molecule has 0 saturated heterocycles. The average molecular weight is 363 g/mol. The van der Waals surface area contributed by atoms with E-state index in [-0.39, 0.29) is 5.91 Å². The Morgan fingerprint density at radius 1 is 1.11 bits per heavy atom. The summed E-state index contributed by atoms with van der Waals surface area (Å²) in [5, 5.41) is 4.05. The molecule has 0 aliphatic heterocycles. The van der Waals surface area contributed by atoms with Gasteiger partial charge in [-0.15, -0.1) is 0 Å². The molecule has 1 N–H and O–H groups in total. The van der Waals surface area contributed by atoms with Crippen molar-refractivity contribution < 1.29 is 4.79 Å². The number of amides is 1. The molecule has 0 aliphatic rings. The van der Waals surface area contributed by atoms with E-state index in [0.717, 1.165) is 37.7 Å². The summed E-state index contributed by atoms with van der Waals surface area (Å²) in [6, 6.07) is 10.5. The molecule has 27 heavy (non-hydrogen) atoms. The van der Waals surface area contributed by atoms with Crippen molar-refractivity contribution in [3.05, 3.63) is 78.5 Å². The van der Waals surface area contributed by atoms with E-state index in [1.807, 2.05) is 18.3 Å². The minimum Gasteiger partial charge on any atom is -0.352 e. The molecule has 1 aromatic carbocycles. The highest BCUT2D eigenvalue weighted by Gasteiger charge is 1.96. The maximum atomic E-state index is 11.5. The molecule has 0 radical (unpaired) electrons. The third-order valence-corrected chi connectivity index (χ3v) is 4.11. The predicted octanol–water partition coefficient (Wildman–Crippen LogP) is 5.39. The van der Waals surface area contributed by atoms with Crippen molar-refractivity contribution in [2.45, 2.75) is 39.5 Å². The van der Waals surface area contributed by atoms with E-state index in [1.165, 1.54) is 10.9 Å². The number of benzene rings is 1. The zero-order valence-electron chi connectivity index (χ0n) is 16.4. The van der Waals surface area contributed by atoms with Crippen molar-refractivity contribution in [2.75, 3.05) is 6.54 Å². The van der Waals surface area contributed by atoms with E-state index >= 15 is 0 Å². The molecule has 1 heterocycles. The standard InChI is InChI=1S/C24H30N2O/c1-20(2)19-26-24(27)14-10-8-6-4-3-5-7-9-12-21-15-16-23-22(18-21)13-11-17-25-23/h6-11,13-18,20H,3-5,12,19H2,1-2H3,(H,26,27)/b8-6+,9-7+,14-10+. The van der Waals surface area contributed by atoms with Crippen LogP contribution in [0.4, 0.5) is 0 Å². The van der Waals surface area contributed by atoms with Gasteiger partial charge in [0.05, 0.1) is 5.52 Å². The van der Waals surface area contributed by atoms with E-state index in [9.17, 15) is 4.79 Å². The number of hydrogen-bond acceptors (Lipinski definition) is 2. The molecular weight excluding hydrogens is 332 g/mol. The average Bonchev–Trinajstić information content (AvgIpc) is 2.67. The van der Waals surface area contributed by atoms with Gasteiger partial charge in [-0.3, -0.25) is 9.78 Å². The van der Waals surface area contributed by atoms with Crippen LogP contribution in [0.25, 0.3) is 10.9 Å². The van der Waals surface area contributed by atoms with Crippen LogP contribution in [-0.2, 0) is 11.2 Å². The lowest BCUT2D eigenvalue weighted by Gasteiger charge is -2.03. The van der Waals surface area contributed by atoms with Crippen LogP contribution in [0.2, 0.25) is 0 Å². The third kappa shape index (κ3) is 8.50. The Kier molecular flexibility index (Phi) is 9.05. The van der Waals surface area contributed by atoms with Crippen LogP contribution in [0.15, 0.2) is 73.0 Å². The largest absolute Gasteiger partial charge is 0.352 e. The van der Waals surface area contributed by atoms with Crippen molar-refractivity contribution in [1.82, 2.24) is 10.3 Å². The Balaban J connectivity index is 1.60. The van der Waals surface area contributed by atoms with Gasteiger partial charge in [0.2, 0.25) is 5.91 Å². The second kappa shape index (κ2) is 11.8. The summed E-state index contributed by atoms with van der Waals surface area (Å²) in [5.41, 5.74) is 2.36. The van der Waals surface area contributed by atoms with Gasteiger partial charge < -0.3 is 5.32 Å². The predicted molar refractivity (Wildman–Crippen MR) is 115 cm³/mol. The number of carbonyl (C=O) groups is 1. The van der Waals surface area contributed by atoms with Gasteiger partial charge >= 0.3 is 0 Å². The van der Waals surface area contributed by atoms with Gasteiger partial charge in [-0.2, -0.15) is 0 Å². The Labute approximate surface area is 162 Å². The summed E-state index contributed by atoms with van der Waals surface area (Å²) >= 11 is 0. The van der Waals surface area contributed by atoms with Crippen LogP contribution in [-0.4, -0.2) is 17.4 Å². The molecule has 0 saturated carbocycles. The van der Waals surface area contributed by atoms with Crippen LogP contribution in [0.3, 0.4) is 0 Å². The van der Waals surface area contributed by atoms with E-state index in [4.69, 9.17) is 0 Å². The number of pyridine rings is 1. The molecule has 1 amide bonds. The van der Waals surface area contributed by atoms with E-state index in [0.29, 0.717) is 5.92 Å². The molecular formula is C24H30N2O. The van der Waals surface area contributed by atoms with Crippen LogP contribution in [0, 0.1) is 5.92 Å². The van der Waals surface area contributed by atoms with Gasteiger partial charge in [0.1, 0.15) is 0 Å². The molecule has 0 bridgehead atoms. The van der Waals surface area contributed by atoms with Gasteiger partial charge in [-0.25, -0.2) is 0 Å². The lowest BCUT2D eigenvalue weighted by molar-refractivity contribution is -0.116. The first-order chi connectivity index (χ1) is 13.1. The number of hydrogen-bond donors (Lipinski definition) is 1. The normalized spacial score (nSPS) is 12.1. The SMILES string of the molecule is CC(C)CNC(=O)/C=C/C=C/CCC/C=C/Cc1ccc2ncccc2c1. The highest BCUT2D eigenvalue weighted by molar-refractivity contribution is 5.87. The number of fused-ring (bicyclic) bond motifs is 1. The first kappa shape index (κ1) is 20.6. The molecule has 0 aliphatic carbocycles. The fraction of sp³-hybridized carbons (Fsp3) is 0.333. The second-order valence-electron chi connectivity index (χ2n) is 7.06. The molecule has 0 fully saturated rings. The quantitative estimate of drug-likeness (QED) is 0.266. The fourth-order valence-corrected chi connectivity index (χ4v) is 2.62. The molecule has 0 spiro atoms. The molecule has 1 aromatic heterocycles. The molecule has 2 aromatic rings. The summed E-state index contributed by atoms with van der Waals surface area (Å²) in [5.74, 6) is 0.449. The molecule has 0 unspecified atom stereocenters. The highest BCUT2D eigenvalue weighted by Crippen LogP contribution is 2.14. The van der Waals surface area contributed by atoms with Gasteiger partial charge in [0.15, 0.2) is 0 Å². The number of allylic oxidation sites excluding steroid dienone is 5. The first-order valence-corrected chi connectivity index (χ1v) is 9.75. The van der Waals surface area contributed by atoms with Crippen LogP contribution < -0.4 is 5.32 Å². The van der Waals surface area contributed by atoms with E-state index < -0.39 is 0 Å². The zero-order chi connectivity index (χ0) is 19.3. The lowest BCUT2D eigenvalue weighted by Crippen LogP contribution is -2.25. The monoisotopic (exact) mass is 362 g/mol. The smallest absolute Gasteiger partial charge is 0.243 e. The summed E-state index contributed by atoms with van der Waals surface area (Å²) in [4.78, 5) is 15.8. The van der Waals surface area contributed by atoms with Gasteiger partial charge in [-0.1, -0.05) is 56.4 Å². The number of nitrogens with zero attached hydrogens (tertiary/aromatic N) is 1. The van der Waals surface area contributed by atoms with Crippen molar-refractivity contribution in [3.63, 3.8) is 0 Å². The van der Waals surface area contributed by atoms with E-state index in [1.54, 1.807) is 12.2 Å². The fourth-order valence-electron chi connectivity index (χ4n) is 2.62. The number of rotatable bonds is 10. The summed E-state index contributed by atoms with van der Waals surface area (Å²) < 4.78 is 0. The summed E-state index contributed by atoms with van der Waals surface area (Å²) in [7, 11) is 0. The van der Waals surface area contributed by atoms with E-state index in [2.05, 4.69) is 66.6 Å². The highest BCUT2D eigenvalue weighted by atomic mass is 16.1. The maximum absolute atomic E-state index is 11.5. The topological polar surface area (TPSA) is 42.0 Å². The van der Waals surface area contributed by atoms with Crippen molar-refractivity contribution in [3.8, 4) is 0 Å². The molecule has 3 nitrogen and oxygen atoms in total. The molecule has 3 heteroatoms. The summed E-state index contributed by atoms with van der Waals surface area (Å²) in [6.45, 7) is 4.88. The Morgan fingerprint density at radius 3 is 2.81 bits per heavy atom. The minimum atomic E-state index is -0.0271. The second-order valence-corrected chi connectivity index (χ2v) is 7.06. The van der Waals surface area contributed by atoms with Gasteiger partial charge in [0.25, 0.3) is 0 Å². The van der Waals surface area contributed by atoms with Crippen LogP contribution in [0.1, 0.15) is 38.7 Å². The number of aromatic nitrogens is 1. The lowest BCUT2D eigenvalue weighted by atomic mass is 10.1. The van der Waals surface area contributed by atoms with Crippen LogP contribution >= 0.6 is 0 Å². The van der Waals surface area contributed by atoms with Gasteiger partial charge in [-0.05, 0) is 55.4 Å². The number of nitrogens with one attached hydrogen (secondary N) is 1.